The van der Waals surface area contributed by atoms with E-state index in [1.54, 1.807) is 0 Å². The van der Waals surface area contributed by atoms with E-state index >= 15 is 0 Å². The maximum atomic E-state index is 5.64. The Balaban J connectivity index is 1.38. The fraction of sp³-hybridized carbons (Fsp3) is 0.391. The van der Waals surface area contributed by atoms with Crippen LogP contribution in [-0.4, -0.2) is 47.7 Å². The van der Waals surface area contributed by atoms with Gasteiger partial charge in [0.25, 0.3) is 0 Å². The second kappa shape index (κ2) is 9.55. The molecule has 2 aromatic carbocycles. The molecular weight excluding hydrogens is 394 g/mol. The molecule has 4 rings (SSSR count). The Morgan fingerprint density at radius 2 is 1.70 bits per heavy atom. The Labute approximate surface area is 183 Å². The third kappa shape index (κ3) is 4.98. The highest BCUT2D eigenvalue weighted by molar-refractivity contribution is 7.71. The lowest BCUT2D eigenvalue weighted by molar-refractivity contribution is -0.917. The van der Waals surface area contributed by atoms with E-state index in [1.807, 2.05) is 22.4 Å². The molecule has 0 saturated carbocycles. The molecule has 0 aliphatic carbocycles. The fourth-order valence-corrected chi connectivity index (χ4v) is 4.09. The van der Waals surface area contributed by atoms with Crippen molar-refractivity contribution >= 4 is 17.9 Å². The molecule has 0 amide bonds. The van der Waals surface area contributed by atoms with Gasteiger partial charge in [0.1, 0.15) is 12.4 Å². The Morgan fingerprint density at radius 1 is 1.00 bits per heavy atom. The molecule has 2 heterocycles. The van der Waals surface area contributed by atoms with Crippen LogP contribution in [0.5, 0.6) is 0 Å². The van der Waals surface area contributed by atoms with Gasteiger partial charge in [-0.1, -0.05) is 42.5 Å². The van der Waals surface area contributed by atoms with E-state index in [4.69, 9.17) is 22.1 Å². The van der Waals surface area contributed by atoms with Crippen LogP contribution < -0.4 is 9.80 Å². The molecule has 1 aliphatic rings. The first-order chi connectivity index (χ1) is 14.6. The Bertz CT molecular complexity index is 1010. The molecule has 1 N–H and O–H groups in total. The number of quaternary nitrogens is 1. The summed E-state index contributed by atoms with van der Waals surface area (Å²) in [4.78, 5) is 3.72. The van der Waals surface area contributed by atoms with Gasteiger partial charge in [0.2, 0.25) is 4.77 Å². The second-order valence-electron chi connectivity index (χ2n) is 7.98. The first-order valence-electron chi connectivity index (χ1n) is 10.5. The van der Waals surface area contributed by atoms with Crippen LogP contribution in [0.1, 0.15) is 17.0 Å². The van der Waals surface area contributed by atoms with Gasteiger partial charge in [-0.25, -0.2) is 0 Å². The standard InChI is InChI=1S/C23H29N5OS/c1-25(17-20-8-10-21(11-9-20)27-12-14-29-15-13-27)18-28-23(30)26(2)22(24-28)16-19-6-4-3-5-7-19/h3-11H,12-18H2,1-2H3/p+1. The van der Waals surface area contributed by atoms with Crippen molar-refractivity contribution in [3.63, 3.8) is 0 Å². The zero-order valence-corrected chi connectivity index (χ0v) is 18.6. The minimum atomic E-state index is 0.743. The summed E-state index contributed by atoms with van der Waals surface area (Å²) in [6, 6.07) is 19.3. The van der Waals surface area contributed by atoms with Gasteiger partial charge in [0, 0.05) is 37.8 Å². The maximum absolute atomic E-state index is 5.64. The van der Waals surface area contributed by atoms with Crippen molar-refractivity contribution in [2.75, 3.05) is 38.3 Å². The number of rotatable bonds is 7. The van der Waals surface area contributed by atoms with E-state index in [0.29, 0.717) is 0 Å². The van der Waals surface area contributed by atoms with E-state index in [-0.39, 0.29) is 0 Å². The van der Waals surface area contributed by atoms with Crippen molar-refractivity contribution in [3.05, 3.63) is 76.3 Å². The molecule has 1 atom stereocenters. The molecule has 0 bridgehead atoms. The summed E-state index contributed by atoms with van der Waals surface area (Å²) in [6.07, 6.45) is 0.788. The first-order valence-corrected chi connectivity index (χ1v) is 10.9. The highest BCUT2D eigenvalue weighted by Gasteiger charge is 2.14. The van der Waals surface area contributed by atoms with Crippen molar-refractivity contribution in [1.29, 1.82) is 0 Å². The van der Waals surface area contributed by atoms with Gasteiger partial charge in [-0.3, -0.25) is 0 Å². The quantitative estimate of drug-likeness (QED) is 0.590. The van der Waals surface area contributed by atoms with E-state index < -0.39 is 0 Å². The zero-order chi connectivity index (χ0) is 20.9. The van der Waals surface area contributed by atoms with Crippen molar-refractivity contribution in [1.82, 2.24) is 14.3 Å². The summed E-state index contributed by atoms with van der Waals surface area (Å²) in [5.41, 5.74) is 3.84. The summed E-state index contributed by atoms with van der Waals surface area (Å²) in [6.45, 7) is 5.22. The molecule has 1 saturated heterocycles. The average Bonchev–Trinajstić information content (AvgIpc) is 3.03. The number of hydrogen-bond donors (Lipinski definition) is 1. The number of nitrogens with one attached hydrogen (secondary N) is 1. The maximum Gasteiger partial charge on any atom is 0.202 e. The predicted molar refractivity (Wildman–Crippen MR) is 121 cm³/mol. The largest absolute Gasteiger partial charge is 0.378 e. The molecule has 1 aliphatic heterocycles. The Kier molecular flexibility index (Phi) is 6.62. The monoisotopic (exact) mass is 424 g/mol. The molecule has 3 aromatic rings. The molecule has 7 heteroatoms. The molecule has 6 nitrogen and oxygen atoms in total. The number of aromatic nitrogens is 3. The zero-order valence-electron chi connectivity index (χ0n) is 17.8. The SMILES string of the molecule is Cn1c(Cc2ccccc2)nn(C[NH+](C)Cc2ccc(N3CCOCC3)cc2)c1=S. The predicted octanol–water partition coefficient (Wildman–Crippen LogP) is 2.05. The lowest BCUT2D eigenvalue weighted by Crippen LogP contribution is -3.07. The number of nitrogens with zero attached hydrogens (tertiary/aromatic N) is 4. The van der Waals surface area contributed by atoms with Crippen molar-refractivity contribution in [2.45, 2.75) is 19.6 Å². The van der Waals surface area contributed by atoms with E-state index in [9.17, 15) is 0 Å². The van der Waals surface area contributed by atoms with Crippen LogP contribution >= 0.6 is 12.2 Å². The summed E-state index contributed by atoms with van der Waals surface area (Å²) in [5, 5.41) is 4.80. The van der Waals surface area contributed by atoms with Gasteiger partial charge >= 0.3 is 0 Å². The summed E-state index contributed by atoms with van der Waals surface area (Å²) in [5.74, 6) is 0.994. The van der Waals surface area contributed by atoms with Gasteiger partial charge in [0.15, 0.2) is 6.67 Å². The lowest BCUT2D eigenvalue weighted by atomic mass is 10.1. The normalized spacial score (nSPS) is 15.3. The van der Waals surface area contributed by atoms with Crippen LogP contribution in [0, 0.1) is 4.77 Å². The second-order valence-corrected chi connectivity index (χ2v) is 8.34. The van der Waals surface area contributed by atoms with Gasteiger partial charge < -0.3 is 19.1 Å². The smallest absolute Gasteiger partial charge is 0.202 e. The third-order valence-corrected chi connectivity index (χ3v) is 6.06. The highest BCUT2D eigenvalue weighted by atomic mass is 32.1. The van der Waals surface area contributed by atoms with Crippen molar-refractivity contribution in [3.8, 4) is 0 Å². The molecule has 158 valence electrons. The van der Waals surface area contributed by atoms with E-state index in [2.05, 4.69) is 60.5 Å². The van der Waals surface area contributed by atoms with Crippen molar-refractivity contribution in [2.24, 2.45) is 7.05 Å². The molecular formula is C23H30N5OS+. The number of morpholine rings is 1. The van der Waals surface area contributed by atoms with Crippen LogP contribution in [0.25, 0.3) is 0 Å². The number of hydrogen-bond acceptors (Lipinski definition) is 4. The molecule has 0 spiro atoms. The Morgan fingerprint density at radius 3 is 2.40 bits per heavy atom. The molecule has 0 radical (unpaired) electrons. The number of anilines is 1. The van der Waals surface area contributed by atoms with Gasteiger partial charge in [-0.15, -0.1) is 0 Å². The van der Waals surface area contributed by atoms with E-state index in [1.165, 1.54) is 21.7 Å². The van der Waals surface area contributed by atoms with Crippen LogP contribution in [0.2, 0.25) is 0 Å². The van der Waals surface area contributed by atoms with Gasteiger partial charge in [0.05, 0.1) is 20.3 Å². The minimum Gasteiger partial charge on any atom is -0.378 e. The average molecular weight is 425 g/mol. The van der Waals surface area contributed by atoms with Gasteiger partial charge in [-0.05, 0) is 29.9 Å². The first kappa shape index (κ1) is 20.8. The van der Waals surface area contributed by atoms with Crippen LogP contribution in [0.4, 0.5) is 5.69 Å². The molecule has 1 fully saturated rings. The summed E-state index contributed by atoms with van der Waals surface area (Å²) in [7, 11) is 4.19. The third-order valence-electron chi connectivity index (χ3n) is 5.57. The van der Waals surface area contributed by atoms with Gasteiger partial charge in [-0.2, -0.15) is 9.78 Å². The molecule has 30 heavy (non-hydrogen) atoms. The van der Waals surface area contributed by atoms with Crippen LogP contribution in [-0.2, 0) is 31.4 Å². The lowest BCUT2D eigenvalue weighted by Gasteiger charge is -2.29. The van der Waals surface area contributed by atoms with Crippen molar-refractivity contribution < 1.29 is 9.64 Å². The van der Waals surface area contributed by atoms with Crippen LogP contribution in [0.3, 0.4) is 0 Å². The topological polar surface area (TPSA) is 39.7 Å². The molecule has 1 unspecified atom stereocenters. The fourth-order valence-electron chi connectivity index (χ4n) is 3.87. The minimum absolute atomic E-state index is 0.743. The number of benzene rings is 2. The summed E-state index contributed by atoms with van der Waals surface area (Å²) < 4.78 is 10.2. The Hall–Kier alpha value is -2.48. The molecule has 1 aromatic heterocycles. The summed E-state index contributed by atoms with van der Waals surface area (Å²) >= 11 is 5.64. The van der Waals surface area contributed by atoms with E-state index in [0.717, 1.165) is 56.5 Å². The highest BCUT2D eigenvalue weighted by Crippen LogP contribution is 2.16. The van der Waals surface area contributed by atoms with Crippen LogP contribution in [0.15, 0.2) is 54.6 Å². The number of ether oxygens (including phenoxy) is 1.